The molecule has 3 fully saturated rings. The number of anilines is 2. The maximum Gasteiger partial charge on any atom is 0.586 e. The van der Waals surface area contributed by atoms with Gasteiger partial charge in [0.1, 0.15) is 16.9 Å². The number of halogens is 4. The topological polar surface area (TPSA) is 111 Å². The van der Waals surface area contributed by atoms with E-state index in [-0.39, 0.29) is 47.5 Å². The molecular weight excluding hydrogens is 615 g/mol. The first-order valence-electron chi connectivity index (χ1n) is 13.5. The Labute approximate surface area is 248 Å². The molecule has 2 saturated heterocycles. The molecule has 3 aromatic rings. The van der Waals surface area contributed by atoms with Crippen molar-refractivity contribution < 1.29 is 46.1 Å². The van der Waals surface area contributed by atoms with Crippen LogP contribution < -0.4 is 29.7 Å². The molecule has 0 spiro atoms. The van der Waals surface area contributed by atoms with Gasteiger partial charge in [-0.05, 0) is 43.9 Å². The lowest BCUT2D eigenvalue weighted by molar-refractivity contribution is -0.286. The van der Waals surface area contributed by atoms with Crippen LogP contribution in [0, 0.1) is 0 Å². The minimum absolute atomic E-state index is 0.0112. The van der Waals surface area contributed by atoms with E-state index < -0.39 is 40.8 Å². The number of methoxy groups -OCH3 is 1. The second-order valence-electron chi connectivity index (χ2n) is 11.0. The van der Waals surface area contributed by atoms with Crippen LogP contribution >= 0.6 is 20.6 Å². The highest BCUT2D eigenvalue weighted by atomic mass is 32.1. The van der Waals surface area contributed by atoms with Gasteiger partial charge in [0.15, 0.2) is 16.6 Å². The number of alkyl halides is 4. The Morgan fingerprint density at radius 3 is 2.44 bits per heavy atom. The predicted octanol–water partition coefficient (Wildman–Crippen LogP) is 4.98. The number of nitrogens with zero attached hydrogens (tertiary/aromatic N) is 2. The quantitative estimate of drug-likeness (QED) is 0.275. The summed E-state index contributed by atoms with van der Waals surface area (Å²) in [6, 6.07) is 5.62. The van der Waals surface area contributed by atoms with Crippen LogP contribution in [0.5, 0.6) is 17.2 Å². The zero-order chi connectivity index (χ0) is 30.3. The van der Waals surface area contributed by atoms with Gasteiger partial charge in [0.2, 0.25) is 0 Å². The number of morpholine rings is 1. The van der Waals surface area contributed by atoms with Gasteiger partial charge in [-0.2, -0.15) is 8.78 Å². The van der Waals surface area contributed by atoms with Crippen molar-refractivity contribution in [2.75, 3.05) is 30.5 Å². The highest BCUT2D eigenvalue weighted by Crippen LogP contribution is 2.49. The molecule has 3 unspecified atom stereocenters. The normalized spacial score (nSPS) is 22.9. The Morgan fingerprint density at radius 2 is 1.84 bits per heavy atom. The van der Waals surface area contributed by atoms with Crippen LogP contribution in [0.25, 0.3) is 10.2 Å². The minimum Gasteiger partial charge on any atom is -0.496 e. The molecule has 2 N–H and O–H groups in total. The van der Waals surface area contributed by atoms with E-state index in [0.717, 1.165) is 23.7 Å². The number of aromatic nitrogens is 1. The number of rotatable bonds is 7. The lowest BCUT2D eigenvalue weighted by atomic mass is 9.76. The van der Waals surface area contributed by atoms with Crippen molar-refractivity contribution in [3.8, 4) is 17.2 Å². The van der Waals surface area contributed by atoms with Crippen molar-refractivity contribution in [1.29, 1.82) is 0 Å². The summed E-state index contributed by atoms with van der Waals surface area (Å²) in [6.07, 6.45) is -2.54. The molecule has 4 aliphatic rings. The van der Waals surface area contributed by atoms with Crippen molar-refractivity contribution in [1.82, 2.24) is 10.3 Å². The standard InChI is InChI=1S/C27H25F4N4O6PS/c1-38-17-4-3-15-21(43-24(33-15)35-12-7-13(35)11-39-10-12)20(17)23(37)32-16-9-19-18(40-27(30,31)41-19)8-14(16)22(36)34-25(5-2-6-25)26(28,29)42/h3-4,8-9,12-13H,2,5-7,10-11,42H2,1H3,(H,32,37)(H,34,36). The Hall–Kier alpha value is -3.42. The Morgan fingerprint density at radius 1 is 1.14 bits per heavy atom. The predicted molar refractivity (Wildman–Crippen MR) is 151 cm³/mol. The van der Waals surface area contributed by atoms with Gasteiger partial charge in [-0.25, -0.2) is 4.98 Å². The number of carbonyl (C=O) groups is 2. The molecule has 1 saturated carbocycles. The van der Waals surface area contributed by atoms with E-state index in [2.05, 4.69) is 25.0 Å². The number of benzene rings is 2. The average Bonchev–Trinajstić information content (AvgIpc) is 3.47. The molecular formula is C27H25F4N4O6PS. The largest absolute Gasteiger partial charge is 0.586 e. The highest BCUT2D eigenvalue weighted by Gasteiger charge is 2.55. The summed E-state index contributed by atoms with van der Waals surface area (Å²) in [7, 11) is 2.83. The van der Waals surface area contributed by atoms with Crippen LogP contribution in [0.2, 0.25) is 0 Å². The minimum atomic E-state index is -4.02. The van der Waals surface area contributed by atoms with E-state index in [4.69, 9.17) is 14.5 Å². The summed E-state index contributed by atoms with van der Waals surface area (Å²) in [6.45, 7) is 1.17. The van der Waals surface area contributed by atoms with Crippen molar-refractivity contribution in [3.63, 3.8) is 0 Å². The molecule has 3 aliphatic heterocycles. The smallest absolute Gasteiger partial charge is 0.496 e. The van der Waals surface area contributed by atoms with Gasteiger partial charge >= 0.3 is 6.29 Å². The van der Waals surface area contributed by atoms with Crippen LogP contribution in [0.3, 0.4) is 0 Å². The Bertz CT molecular complexity index is 1650. The van der Waals surface area contributed by atoms with Gasteiger partial charge in [-0.3, -0.25) is 9.59 Å². The zero-order valence-electron chi connectivity index (χ0n) is 22.5. The Balaban J connectivity index is 1.25. The van der Waals surface area contributed by atoms with E-state index >= 15 is 0 Å². The van der Waals surface area contributed by atoms with Crippen LogP contribution in [0.15, 0.2) is 24.3 Å². The van der Waals surface area contributed by atoms with Crippen LogP contribution in [0.1, 0.15) is 46.4 Å². The first kappa shape index (κ1) is 28.4. The lowest BCUT2D eigenvalue weighted by Crippen LogP contribution is -2.64. The van der Waals surface area contributed by atoms with Crippen molar-refractivity contribution in [3.05, 3.63) is 35.4 Å². The number of nitrogens with one attached hydrogen (secondary N) is 2. The van der Waals surface area contributed by atoms with Crippen molar-refractivity contribution in [2.24, 2.45) is 0 Å². The van der Waals surface area contributed by atoms with Gasteiger partial charge in [-0.15, -0.1) is 8.78 Å². The number of amides is 2. The summed E-state index contributed by atoms with van der Waals surface area (Å²) in [4.78, 5) is 34.2. The summed E-state index contributed by atoms with van der Waals surface area (Å²) in [5.74, 6) is -2.45. The summed E-state index contributed by atoms with van der Waals surface area (Å²) < 4.78 is 77.3. The summed E-state index contributed by atoms with van der Waals surface area (Å²) >= 11 is 1.29. The fourth-order valence-corrected chi connectivity index (χ4v) is 7.54. The molecule has 1 aromatic heterocycles. The van der Waals surface area contributed by atoms with E-state index in [0.29, 0.717) is 29.9 Å². The van der Waals surface area contributed by atoms with Crippen LogP contribution in [-0.4, -0.2) is 66.7 Å². The zero-order valence-corrected chi connectivity index (χ0v) is 24.5. The molecule has 43 heavy (non-hydrogen) atoms. The number of ether oxygens (including phenoxy) is 4. The number of fused-ring (bicyclic) bond motifs is 4. The van der Waals surface area contributed by atoms with E-state index in [1.807, 2.05) is 0 Å². The molecule has 10 nitrogen and oxygen atoms in total. The van der Waals surface area contributed by atoms with Gasteiger partial charge in [-0.1, -0.05) is 20.6 Å². The SMILES string of the molecule is COc1ccc2nc(N3C4COCC3C4)sc2c1C(=O)Nc1cc2c(cc1C(=O)NC1(C(F)(F)P)CCC1)OC(F)(F)O2. The van der Waals surface area contributed by atoms with Crippen molar-refractivity contribution in [2.45, 2.75) is 55.3 Å². The highest BCUT2D eigenvalue weighted by molar-refractivity contribution is 7.22. The molecule has 4 heterocycles. The van der Waals surface area contributed by atoms with Gasteiger partial charge in [0.05, 0.1) is 53.9 Å². The molecule has 2 aromatic carbocycles. The number of hydrogen-bond acceptors (Lipinski definition) is 9. The van der Waals surface area contributed by atoms with E-state index in [9.17, 15) is 27.2 Å². The third-order valence-electron chi connectivity index (χ3n) is 8.36. The third kappa shape index (κ3) is 4.63. The maximum atomic E-state index is 14.5. The molecule has 3 atom stereocenters. The summed E-state index contributed by atoms with van der Waals surface area (Å²) in [5.41, 5.74) is -5.14. The molecule has 1 aliphatic carbocycles. The molecule has 7 rings (SSSR count). The molecule has 228 valence electrons. The third-order valence-corrected chi connectivity index (χ3v) is 10.0. The van der Waals surface area contributed by atoms with Crippen molar-refractivity contribution >= 4 is 53.4 Å². The first-order chi connectivity index (χ1) is 20.4. The van der Waals surface area contributed by atoms with Crippen LogP contribution in [0.4, 0.5) is 28.4 Å². The van der Waals surface area contributed by atoms with Gasteiger partial charge < -0.3 is 34.5 Å². The second kappa shape index (κ2) is 9.80. The van der Waals surface area contributed by atoms with E-state index in [1.54, 1.807) is 12.1 Å². The number of hydrogen-bond donors (Lipinski definition) is 2. The number of thiazole rings is 1. The molecule has 0 radical (unpaired) electrons. The molecule has 2 amide bonds. The Kier molecular flexibility index (Phi) is 6.46. The lowest BCUT2D eigenvalue weighted by Gasteiger charge is -2.52. The maximum absolute atomic E-state index is 14.5. The summed E-state index contributed by atoms with van der Waals surface area (Å²) in [5, 5.41) is 5.67. The fourth-order valence-electron chi connectivity index (χ4n) is 5.94. The van der Waals surface area contributed by atoms with Gasteiger partial charge in [0.25, 0.3) is 17.5 Å². The number of carbonyl (C=O) groups excluding carboxylic acids is 2. The van der Waals surface area contributed by atoms with Crippen LogP contribution in [-0.2, 0) is 4.74 Å². The van der Waals surface area contributed by atoms with Gasteiger partial charge in [0, 0.05) is 6.07 Å². The monoisotopic (exact) mass is 640 g/mol. The van der Waals surface area contributed by atoms with E-state index in [1.165, 1.54) is 27.7 Å². The molecule has 16 heteroatoms. The fraction of sp³-hybridized carbons (Fsp3) is 0.444. The second-order valence-corrected chi connectivity index (χ2v) is 12.7. The average molecular weight is 641 g/mol. The first-order valence-corrected chi connectivity index (χ1v) is 14.9. The molecule has 2 bridgehead atoms.